The van der Waals surface area contributed by atoms with E-state index < -0.39 is 11.2 Å². The molecule has 0 spiro atoms. The van der Waals surface area contributed by atoms with Gasteiger partial charge < -0.3 is 9.90 Å². The van der Waals surface area contributed by atoms with Crippen molar-refractivity contribution in [3.63, 3.8) is 0 Å². The van der Waals surface area contributed by atoms with Crippen molar-refractivity contribution < 1.29 is 19.5 Å². The standard InChI is InChI=1S/C18H16N2O4S/c21-15-11-14(25-16-13(18(23)24)7-4-9-19-16)17(22)20(15)10-8-12-5-2-1-3-6-12/h1-7,9,14H,8,10-11H2,(H,23,24)/p-1/t14-/m1/s1. The fourth-order valence-electron chi connectivity index (χ4n) is 2.64. The van der Waals surface area contributed by atoms with Crippen molar-refractivity contribution in [3.8, 4) is 0 Å². The van der Waals surface area contributed by atoms with Gasteiger partial charge in [0.05, 0.1) is 11.2 Å². The molecule has 0 saturated carbocycles. The van der Waals surface area contributed by atoms with Crippen LogP contribution in [0.15, 0.2) is 53.7 Å². The summed E-state index contributed by atoms with van der Waals surface area (Å²) in [4.78, 5) is 41.1. The minimum absolute atomic E-state index is 0.0430. The zero-order chi connectivity index (χ0) is 17.8. The Morgan fingerprint density at radius 2 is 1.96 bits per heavy atom. The molecular formula is C18H15N2O4S-. The van der Waals surface area contributed by atoms with Gasteiger partial charge in [0, 0.05) is 24.7 Å². The van der Waals surface area contributed by atoms with Crippen LogP contribution in [-0.4, -0.2) is 39.5 Å². The predicted molar refractivity (Wildman–Crippen MR) is 89.7 cm³/mol. The average molecular weight is 355 g/mol. The number of aromatic nitrogens is 1. The fourth-order valence-corrected chi connectivity index (χ4v) is 3.76. The molecule has 1 aliphatic heterocycles. The number of nitrogens with zero attached hydrogens (tertiary/aromatic N) is 2. The number of carboxylic acids is 1. The zero-order valence-electron chi connectivity index (χ0n) is 13.3. The first-order chi connectivity index (χ1) is 12.1. The summed E-state index contributed by atoms with van der Waals surface area (Å²) < 4.78 is 0. The van der Waals surface area contributed by atoms with Gasteiger partial charge in [0.1, 0.15) is 5.03 Å². The molecule has 1 aliphatic rings. The minimum Gasteiger partial charge on any atom is -0.545 e. The SMILES string of the molecule is O=C([O-])c1cccnc1S[C@@H]1CC(=O)N(CCc2ccccc2)C1=O. The molecule has 0 unspecified atom stereocenters. The molecule has 3 rings (SSSR count). The molecule has 0 radical (unpaired) electrons. The van der Waals surface area contributed by atoms with Gasteiger partial charge in [-0.2, -0.15) is 0 Å². The van der Waals surface area contributed by atoms with E-state index in [1.165, 1.54) is 23.2 Å². The lowest BCUT2D eigenvalue weighted by Crippen LogP contribution is -2.33. The first kappa shape index (κ1) is 17.2. The van der Waals surface area contributed by atoms with Gasteiger partial charge in [-0.25, -0.2) is 4.98 Å². The van der Waals surface area contributed by atoms with E-state index in [2.05, 4.69) is 4.98 Å². The lowest BCUT2D eigenvalue weighted by molar-refractivity contribution is -0.255. The Hall–Kier alpha value is -2.67. The van der Waals surface area contributed by atoms with Crippen LogP contribution >= 0.6 is 11.8 Å². The maximum absolute atomic E-state index is 12.5. The Kier molecular flexibility index (Phi) is 5.14. The number of carbonyl (C=O) groups is 3. The van der Waals surface area contributed by atoms with E-state index in [0.717, 1.165) is 17.3 Å². The van der Waals surface area contributed by atoms with E-state index in [1.54, 1.807) is 0 Å². The van der Waals surface area contributed by atoms with Gasteiger partial charge in [-0.05, 0) is 24.1 Å². The highest BCUT2D eigenvalue weighted by Crippen LogP contribution is 2.32. The highest BCUT2D eigenvalue weighted by Gasteiger charge is 2.39. The summed E-state index contributed by atoms with van der Waals surface area (Å²) in [7, 11) is 0. The molecule has 1 aromatic heterocycles. The van der Waals surface area contributed by atoms with Gasteiger partial charge in [-0.3, -0.25) is 14.5 Å². The van der Waals surface area contributed by atoms with Crippen LogP contribution in [0.2, 0.25) is 0 Å². The summed E-state index contributed by atoms with van der Waals surface area (Å²) in [6.45, 7) is 0.314. The number of hydrogen-bond acceptors (Lipinski definition) is 6. The third kappa shape index (κ3) is 3.88. The van der Waals surface area contributed by atoms with Gasteiger partial charge in [0.15, 0.2) is 0 Å². The smallest absolute Gasteiger partial charge is 0.243 e. The number of hydrogen-bond donors (Lipinski definition) is 0. The zero-order valence-corrected chi connectivity index (χ0v) is 14.1. The largest absolute Gasteiger partial charge is 0.545 e. The maximum atomic E-state index is 12.5. The van der Waals surface area contributed by atoms with Crippen LogP contribution in [0.4, 0.5) is 0 Å². The van der Waals surface area contributed by atoms with E-state index in [0.29, 0.717) is 13.0 Å². The van der Waals surface area contributed by atoms with Gasteiger partial charge in [0.25, 0.3) is 0 Å². The van der Waals surface area contributed by atoms with E-state index in [9.17, 15) is 19.5 Å². The molecule has 7 heteroatoms. The van der Waals surface area contributed by atoms with Crippen LogP contribution in [0.3, 0.4) is 0 Å². The molecule has 0 aliphatic carbocycles. The molecule has 2 heterocycles. The van der Waals surface area contributed by atoms with Crippen LogP contribution in [0.1, 0.15) is 22.3 Å². The third-order valence-electron chi connectivity index (χ3n) is 3.91. The predicted octanol–water partition coefficient (Wildman–Crippen LogP) is 0.907. The first-order valence-electron chi connectivity index (χ1n) is 7.77. The number of aromatic carboxylic acids is 1. The van der Waals surface area contributed by atoms with E-state index in [1.807, 2.05) is 30.3 Å². The van der Waals surface area contributed by atoms with E-state index in [-0.39, 0.29) is 28.8 Å². The van der Waals surface area contributed by atoms with Crippen LogP contribution in [-0.2, 0) is 16.0 Å². The van der Waals surface area contributed by atoms with Crippen LogP contribution in [0.25, 0.3) is 0 Å². The normalized spacial score (nSPS) is 17.1. The molecule has 0 bridgehead atoms. The second-order valence-electron chi connectivity index (χ2n) is 5.57. The Labute approximate surface area is 148 Å². The maximum Gasteiger partial charge on any atom is 0.243 e. The molecule has 1 atom stereocenters. The van der Waals surface area contributed by atoms with Crippen molar-refractivity contribution in [2.24, 2.45) is 0 Å². The molecule has 25 heavy (non-hydrogen) atoms. The van der Waals surface area contributed by atoms with E-state index >= 15 is 0 Å². The monoisotopic (exact) mass is 355 g/mol. The average Bonchev–Trinajstić information content (AvgIpc) is 2.88. The van der Waals surface area contributed by atoms with Crippen LogP contribution in [0.5, 0.6) is 0 Å². The number of rotatable bonds is 6. The quantitative estimate of drug-likeness (QED) is 0.716. The first-order valence-corrected chi connectivity index (χ1v) is 8.65. The summed E-state index contributed by atoms with van der Waals surface area (Å²) in [6.07, 6.45) is 2.08. The molecule has 128 valence electrons. The Balaban J connectivity index is 1.68. The lowest BCUT2D eigenvalue weighted by atomic mass is 10.1. The van der Waals surface area contributed by atoms with Gasteiger partial charge >= 0.3 is 0 Å². The summed E-state index contributed by atoms with van der Waals surface area (Å²) in [5.74, 6) is -1.90. The van der Waals surface area contributed by atoms with Crippen molar-refractivity contribution in [1.82, 2.24) is 9.88 Å². The summed E-state index contributed by atoms with van der Waals surface area (Å²) >= 11 is 0.999. The summed E-state index contributed by atoms with van der Waals surface area (Å²) in [5.41, 5.74) is 0.971. The number of carboxylic acid groups (broad SMARTS) is 1. The fraction of sp³-hybridized carbons (Fsp3) is 0.222. The minimum atomic E-state index is -1.35. The molecule has 0 N–H and O–H groups in total. The van der Waals surface area contributed by atoms with Crippen molar-refractivity contribution in [2.45, 2.75) is 23.1 Å². The van der Waals surface area contributed by atoms with Gasteiger partial charge in [-0.1, -0.05) is 42.1 Å². The highest BCUT2D eigenvalue weighted by molar-refractivity contribution is 8.00. The van der Waals surface area contributed by atoms with Crippen molar-refractivity contribution in [2.75, 3.05) is 6.54 Å². The molecule has 1 aromatic carbocycles. The number of carbonyl (C=O) groups excluding carboxylic acids is 3. The molecule has 1 saturated heterocycles. The summed E-state index contributed by atoms with van der Waals surface area (Å²) in [6, 6.07) is 12.5. The topological polar surface area (TPSA) is 90.4 Å². The Morgan fingerprint density at radius 3 is 2.68 bits per heavy atom. The van der Waals surface area contributed by atoms with Crippen molar-refractivity contribution in [3.05, 3.63) is 59.8 Å². The van der Waals surface area contributed by atoms with Crippen LogP contribution < -0.4 is 5.11 Å². The number of likely N-dealkylation sites (tertiary alicyclic amines) is 1. The van der Waals surface area contributed by atoms with Gasteiger partial charge in [-0.15, -0.1) is 0 Å². The third-order valence-corrected chi connectivity index (χ3v) is 5.12. The second-order valence-corrected chi connectivity index (χ2v) is 6.76. The Bertz CT molecular complexity index is 810. The lowest BCUT2D eigenvalue weighted by Gasteiger charge is -2.15. The molecule has 2 amide bonds. The molecule has 1 fully saturated rings. The van der Waals surface area contributed by atoms with Crippen LogP contribution in [0, 0.1) is 0 Å². The Morgan fingerprint density at radius 1 is 1.20 bits per heavy atom. The number of imide groups is 1. The number of thioether (sulfide) groups is 1. The second kappa shape index (κ2) is 7.48. The summed E-state index contributed by atoms with van der Waals surface area (Å²) in [5, 5.41) is 10.7. The van der Waals surface area contributed by atoms with Crippen molar-refractivity contribution >= 4 is 29.5 Å². The number of pyridine rings is 1. The highest BCUT2D eigenvalue weighted by atomic mass is 32.2. The van der Waals surface area contributed by atoms with E-state index in [4.69, 9.17) is 0 Å². The van der Waals surface area contributed by atoms with Gasteiger partial charge in [0.2, 0.25) is 11.8 Å². The number of amides is 2. The molecule has 2 aromatic rings. The molecular weight excluding hydrogens is 340 g/mol. The molecule has 6 nitrogen and oxygen atoms in total. The number of benzene rings is 1. The van der Waals surface area contributed by atoms with Crippen molar-refractivity contribution in [1.29, 1.82) is 0 Å².